The molecule has 0 radical (unpaired) electrons. The molecule has 166 valence electrons. The molecule has 0 atom stereocenters. The molecule has 1 aromatic heterocycles. The van der Waals surface area contributed by atoms with Crippen LogP contribution in [0.2, 0.25) is 0 Å². The Bertz CT molecular complexity index is 1020. The van der Waals surface area contributed by atoms with Crippen molar-refractivity contribution in [3.05, 3.63) is 52.4 Å². The van der Waals surface area contributed by atoms with Gasteiger partial charge in [-0.1, -0.05) is 6.08 Å². The van der Waals surface area contributed by atoms with E-state index in [1.54, 1.807) is 24.2 Å². The van der Waals surface area contributed by atoms with Crippen LogP contribution in [0.1, 0.15) is 17.5 Å². The first-order chi connectivity index (χ1) is 14.9. The molecule has 1 saturated heterocycles. The van der Waals surface area contributed by atoms with Gasteiger partial charge in [-0.2, -0.15) is 0 Å². The number of ether oxygens (including phenoxy) is 1. The van der Waals surface area contributed by atoms with Crippen molar-refractivity contribution in [2.24, 2.45) is 0 Å². The fourth-order valence-corrected chi connectivity index (χ4v) is 3.78. The van der Waals surface area contributed by atoms with Gasteiger partial charge in [-0.25, -0.2) is 4.79 Å². The van der Waals surface area contributed by atoms with Crippen molar-refractivity contribution in [2.75, 3.05) is 46.4 Å². The highest BCUT2D eigenvalue weighted by molar-refractivity contribution is 5.83. The Labute approximate surface area is 181 Å². The second-order valence-corrected chi connectivity index (χ2v) is 7.60. The van der Waals surface area contributed by atoms with Crippen molar-refractivity contribution in [2.45, 2.75) is 19.8 Å². The zero-order valence-corrected chi connectivity index (χ0v) is 18.1. The second kappa shape index (κ2) is 10.3. The number of benzene rings is 1. The molecule has 0 spiro atoms. The van der Waals surface area contributed by atoms with Gasteiger partial charge in [0.05, 0.1) is 13.7 Å². The van der Waals surface area contributed by atoms with E-state index in [-0.39, 0.29) is 18.2 Å². The average Bonchev–Trinajstić information content (AvgIpc) is 2.77. The Morgan fingerprint density at radius 1 is 1.26 bits per heavy atom. The Morgan fingerprint density at radius 2 is 2.00 bits per heavy atom. The number of nitrogens with one attached hydrogen (secondary N) is 1. The smallest absolute Gasteiger partial charge is 0.339 e. The zero-order chi connectivity index (χ0) is 22.4. The molecule has 2 aromatic rings. The predicted octanol–water partition coefficient (Wildman–Crippen LogP) is 1.49. The van der Waals surface area contributed by atoms with E-state index in [0.29, 0.717) is 62.6 Å². The number of fused-ring (bicyclic) bond motifs is 1. The summed E-state index contributed by atoms with van der Waals surface area (Å²) in [6.07, 6.45) is 2.22. The summed E-state index contributed by atoms with van der Waals surface area (Å²) in [5, 5.41) is 3.60. The molecule has 1 aromatic carbocycles. The van der Waals surface area contributed by atoms with Crippen LogP contribution in [0.25, 0.3) is 11.0 Å². The summed E-state index contributed by atoms with van der Waals surface area (Å²) in [4.78, 5) is 40.8. The number of methoxy groups -OCH3 is 1. The van der Waals surface area contributed by atoms with Crippen molar-refractivity contribution in [1.82, 2.24) is 15.1 Å². The number of piperazine rings is 1. The third-order valence-corrected chi connectivity index (χ3v) is 5.62. The van der Waals surface area contributed by atoms with Crippen molar-refractivity contribution >= 4 is 22.8 Å². The first-order valence-corrected chi connectivity index (χ1v) is 10.4. The summed E-state index contributed by atoms with van der Waals surface area (Å²) < 4.78 is 10.6. The predicted molar refractivity (Wildman–Crippen MR) is 118 cm³/mol. The van der Waals surface area contributed by atoms with Crippen LogP contribution >= 0.6 is 0 Å². The molecule has 0 aliphatic carbocycles. The lowest BCUT2D eigenvalue weighted by molar-refractivity contribution is -0.133. The van der Waals surface area contributed by atoms with Crippen molar-refractivity contribution in [3.8, 4) is 5.75 Å². The first-order valence-electron chi connectivity index (χ1n) is 10.4. The molecule has 1 aliphatic rings. The summed E-state index contributed by atoms with van der Waals surface area (Å²) in [7, 11) is 1.56. The van der Waals surface area contributed by atoms with Gasteiger partial charge in [0.2, 0.25) is 11.8 Å². The van der Waals surface area contributed by atoms with E-state index in [4.69, 9.17) is 9.15 Å². The molecule has 2 amide bonds. The number of hydrogen-bond donors (Lipinski definition) is 1. The molecular weight excluding hydrogens is 398 g/mol. The molecule has 1 fully saturated rings. The van der Waals surface area contributed by atoms with Crippen LogP contribution < -0.4 is 15.7 Å². The fourth-order valence-electron chi connectivity index (χ4n) is 3.78. The van der Waals surface area contributed by atoms with E-state index < -0.39 is 5.63 Å². The van der Waals surface area contributed by atoms with Gasteiger partial charge in [0.1, 0.15) is 11.3 Å². The minimum absolute atomic E-state index is 0.00406. The number of carbonyl (C=O) groups excluding carboxylic acids is 2. The highest BCUT2D eigenvalue weighted by Gasteiger charge is 2.23. The molecule has 3 rings (SSSR count). The maximum absolute atomic E-state index is 12.7. The van der Waals surface area contributed by atoms with E-state index in [1.165, 1.54) is 0 Å². The molecule has 0 bridgehead atoms. The third-order valence-electron chi connectivity index (χ3n) is 5.62. The molecule has 31 heavy (non-hydrogen) atoms. The Balaban J connectivity index is 1.56. The number of nitrogens with zero attached hydrogens (tertiary/aromatic N) is 2. The minimum Gasteiger partial charge on any atom is -0.497 e. The van der Waals surface area contributed by atoms with E-state index in [1.807, 2.05) is 24.0 Å². The SMILES string of the molecule is C=CCNC(=O)CN1CCN(C(=O)CCc2c(C)c3ccc(OC)cc3oc2=O)CC1. The fraction of sp³-hybridized carbons (Fsp3) is 0.435. The standard InChI is InChI=1S/C23H29N3O5/c1-4-9-24-21(27)15-25-10-12-26(13-11-25)22(28)8-7-19-16(2)18-6-5-17(30-3)14-20(18)31-23(19)29/h4-6,14H,1,7-13,15H2,2-3H3,(H,24,27). The van der Waals surface area contributed by atoms with Crippen LogP contribution in [0.5, 0.6) is 5.75 Å². The van der Waals surface area contributed by atoms with E-state index in [2.05, 4.69) is 11.9 Å². The Kier molecular flexibility index (Phi) is 7.46. The van der Waals surface area contributed by atoms with E-state index >= 15 is 0 Å². The monoisotopic (exact) mass is 427 g/mol. The maximum Gasteiger partial charge on any atom is 0.339 e. The number of amides is 2. The van der Waals surface area contributed by atoms with Crippen LogP contribution in [0.15, 0.2) is 40.1 Å². The lowest BCUT2D eigenvalue weighted by Crippen LogP contribution is -2.51. The van der Waals surface area contributed by atoms with Gasteiger partial charge in [-0.3, -0.25) is 14.5 Å². The largest absolute Gasteiger partial charge is 0.497 e. The van der Waals surface area contributed by atoms with Gasteiger partial charge >= 0.3 is 5.63 Å². The summed E-state index contributed by atoms with van der Waals surface area (Å²) in [6, 6.07) is 5.37. The van der Waals surface area contributed by atoms with E-state index in [9.17, 15) is 14.4 Å². The van der Waals surface area contributed by atoms with Crippen LogP contribution in [0.3, 0.4) is 0 Å². The number of hydrogen-bond acceptors (Lipinski definition) is 6. The van der Waals surface area contributed by atoms with Gasteiger partial charge in [0.25, 0.3) is 0 Å². The van der Waals surface area contributed by atoms with Crippen molar-refractivity contribution < 1.29 is 18.7 Å². The maximum atomic E-state index is 12.7. The van der Waals surface area contributed by atoms with Gasteiger partial charge in [-0.15, -0.1) is 6.58 Å². The number of carbonyl (C=O) groups is 2. The van der Waals surface area contributed by atoms with Gasteiger partial charge in [-0.05, 0) is 31.0 Å². The highest BCUT2D eigenvalue weighted by Crippen LogP contribution is 2.24. The highest BCUT2D eigenvalue weighted by atomic mass is 16.5. The number of rotatable bonds is 8. The molecular formula is C23H29N3O5. The van der Waals surface area contributed by atoms with Crippen LogP contribution in [-0.4, -0.2) is 68.0 Å². The Morgan fingerprint density at radius 3 is 2.68 bits per heavy atom. The first kappa shape index (κ1) is 22.6. The lowest BCUT2D eigenvalue weighted by Gasteiger charge is -2.34. The lowest BCUT2D eigenvalue weighted by atomic mass is 10.0. The van der Waals surface area contributed by atoms with Gasteiger partial charge in [0.15, 0.2) is 0 Å². The second-order valence-electron chi connectivity index (χ2n) is 7.60. The molecule has 1 N–H and O–H groups in total. The van der Waals surface area contributed by atoms with Gasteiger partial charge < -0.3 is 19.4 Å². The van der Waals surface area contributed by atoms with Crippen molar-refractivity contribution in [3.63, 3.8) is 0 Å². The van der Waals surface area contributed by atoms with Crippen LogP contribution in [-0.2, 0) is 16.0 Å². The van der Waals surface area contributed by atoms with Crippen molar-refractivity contribution in [1.29, 1.82) is 0 Å². The molecule has 2 heterocycles. The van der Waals surface area contributed by atoms with E-state index in [0.717, 1.165) is 10.9 Å². The minimum atomic E-state index is -0.415. The summed E-state index contributed by atoms with van der Waals surface area (Å²) in [5.74, 6) is 0.579. The summed E-state index contributed by atoms with van der Waals surface area (Å²) in [6.45, 7) is 8.65. The normalized spacial score (nSPS) is 14.5. The molecule has 0 saturated carbocycles. The summed E-state index contributed by atoms with van der Waals surface area (Å²) >= 11 is 0. The van der Waals surface area contributed by atoms with Crippen LogP contribution in [0.4, 0.5) is 0 Å². The summed E-state index contributed by atoms with van der Waals surface area (Å²) in [5.41, 5.74) is 1.42. The number of aryl methyl sites for hydroxylation is 1. The average molecular weight is 428 g/mol. The van der Waals surface area contributed by atoms with Gasteiger partial charge in [0, 0.05) is 56.2 Å². The zero-order valence-electron chi connectivity index (χ0n) is 18.1. The quantitative estimate of drug-likeness (QED) is 0.507. The molecule has 0 unspecified atom stereocenters. The molecule has 8 nitrogen and oxygen atoms in total. The third kappa shape index (κ3) is 5.52. The molecule has 1 aliphatic heterocycles. The van der Waals surface area contributed by atoms with Crippen LogP contribution in [0, 0.1) is 6.92 Å². The molecule has 8 heteroatoms. The topological polar surface area (TPSA) is 92.1 Å². The Hall–Kier alpha value is -3.13.